The van der Waals surface area contributed by atoms with Crippen molar-refractivity contribution in [2.24, 2.45) is 0 Å². The molecule has 2 aromatic rings. The van der Waals surface area contributed by atoms with E-state index in [0.717, 1.165) is 5.69 Å². The maximum atomic E-state index is 12.8. The molecular formula is C17H19N3O4. The van der Waals surface area contributed by atoms with E-state index in [9.17, 15) is 14.7 Å². The van der Waals surface area contributed by atoms with Crippen LogP contribution in [0.25, 0.3) is 5.69 Å². The summed E-state index contributed by atoms with van der Waals surface area (Å²) in [7, 11) is 1.57. The van der Waals surface area contributed by atoms with Crippen LogP contribution in [-0.2, 0) is 4.79 Å². The highest BCUT2D eigenvalue weighted by Crippen LogP contribution is 2.26. The van der Waals surface area contributed by atoms with Crippen molar-refractivity contribution < 1.29 is 19.4 Å². The van der Waals surface area contributed by atoms with Crippen LogP contribution in [0.4, 0.5) is 0 Å². The maximum absolute atomic E-state index is 12.8. The topological polar surface area (TPSA) is 84.7 Å². The van der Waals surface area contributed by atoms with Gasteiger partial charge in [-0.3, -0.25) is 4.79 Å². The number of rotatable bonds is 4. The van der Waals surface area contributed by atoms with E-state index in [0.29, 0.717) is 36.4 Å². The van der Waals surface area contributed by atoms with E-state index < -0.39 is 12.0 Å². The van der Waals surface area contributed by atoms with Gasteiger partial charge in [0.25, 0.3) is 5.91 Å². The van der Waals surface area contributed by atoms with Gasteiger partial charge < -0.3 is 14.7 Å². The lowest BCUT2D eigenvalue weighted by molar-refractivity contribution is -0.141. The van der Waals surface area contributed by atoms with Crippen LogP contribution in [0, 0.1) is 6.92 Å². The number of carbonyl (C=O) groups is 2. The van der Waals surface area contributed by atoms with Crippen molar-refractivity contribution in [3.63, 3.8) is 0 Å². The van der Waals surface area contributed by atoms with Crippen LogP contribution in [-0.4, -0.2) is 51.4 Å². The number of hydrogen-bond donors (Lipinski definition) is 1. The second kappa shape index (κ2) is 6.35. The van der Waals surface area contributed by atoms with Crippen molar-refractivity contribution in [1.82, 2.24) is 14.7 Å². The highest BCUT2D eigenvalue weighted by molar-refractivity contribution is 5.97. The highest BCUT2D eigenvalue weighted by atomic mass is 16.5. The number of hydrogen-bond acceptors (Lipinski definition) is 4. The fourth-order valence-corrected chi connectivity index (χ4v) is 3.09. The largest absolute Gasteiger partial charge is 0.494 e. The molecule has 7 heteroatoms. The van der Waals surface area contributed by atoms with Gasteiger partial charge in [0.15, 0.2) is 0 Å². The van der Waals surface area contributed by atoms with E-state index in [4.69, 9.17) is 4.74 Å². The summed E-state index contributed by atoms with van der Waals surface area (Å²) in [6.07, 6.45) is 2.67. The lowest BCUT2D eigenvalue weighted by Gasteiger charge is -2.21. The quantitative estimate of drug-likeness (QED) is 0.926. The predicted octanol–water partition coefficient (Wildman–Crippen LogP) is 1.88. The molecule has 1 aliphatic rings. The molecule has 1 atom stereocenters. The average molecular weight is 329 g/mol. The summed E-state index contributed by atoms with van der Waals surface area (Å²) in [5.74, 6) is -0.610. The molecule has 1 fully saturated rings. The molecule has 1 aliphatic heterocycles. The molecule has 0 radical (unpaired) electrons. The van der Waals surface area contributed by atoms with Gasteiger partial charge in [0.05, 0.1) is 24.6 Å². The number of aromatic nitrogens is 2. The summed E-state index contributed by atoms with van der Waals surface area (Å²) in [5.41, 5.74) is 1.79. The van der Waals surface area contributed by atoms with Crippen LogP contribution in [0.1, 0.15) is 28.9 Å². The third kappa shape index (κ3) is 2.62. The van der Waals surface area contributed by atoms with Crippen molar-refractivity contribution in [2.45, 2.75) is 25.8 Å². The third-order valence-corrected chi connectivity index (χ3v) is 4.35. The Kier molecular flexibility index (Phi) is 4.24. The number of amides is 1. The minimum absolute atomic E-state index is 0.293. The molecule has 1 aromatic heterocycles. The number of para-hydroxylation sites is 2. The van der Waals surface area contributed by atoms with Gasteiger partial charge in [0.1, 0.15) is 17.5 Å². The number of aliphatic carboxylic acids is 1. The van der Waals surface area contributed by atoms with Crippen molar-refractivity contribution in [3.8, 4) is 11.4 Å². The van der Waals surface area contributed by atoms with Gasteiger partial charge in [-0.05, 0) is 31.9 Å². The smallest absolute Gasteiger partial charge is 0.326 e. The third-order valence-electron chi connectivity index (χ3n) is 4.35. The molecule has 2 heterocycles. The second-order valence-corrected chi connectivity index (χ2v) is 5.72. The minimum atomic E-state index is -0.962. The molecule has 24 heavy (non-hydrogen) atoms. The second-order valence-electron chi connectivity index (χ2n) is 5.72. The predicted molar refractivity (Wildman–Crippen MR) is 86.5 cm³/mol. The first kappa shape index (κ1) is 16.0. The Hall–Kier alpha value is -2.83. The molecule has 3 rings (SSSR count). The van der Waals surface area contributed by atoms with Gasteiger partial charge >= 0.3 is 5.97 Å². The zero-order valence-electron chi connectivity index (χ0n) is 13.6. The summed E-state index contributed by atoms with van der Waals surface area (Å²) < 4.78 is 6.98. The Bertz CT molecular complexity index is 784. The van der Waals surface area contributed by atoms with Gasteiger partial charge in [0, 0.05) is 6.54 Å². The zero-order chi connectivity index (χ0) is 17.3. The number of methoxy groups -OCH3 is 1. The summed E-state index contributed by atoms with van der Waals surface area (Å²) in [4.78, 5) is 25.5. The molecule has 0 unspecified atom stereocenters. The van der Waals surface area contributed by atoms with Crippen molar-refractivity contribution in [2.75, 3.05) is 13.7 Å². The van der Waals surface area contributed by atoms with Crippen LogP contribution in [0.5, 0.6) is 5.75 Å². The first-order chi connectivity index (χ1) is 11.5. The van der Waals surface area contributed by atoms with Gasteiger partial charge in [-0.2, -0.15) is 5.10 Å². The SMILES string of the molecule is COc1ccccc1-n1ncc(C(=O)N2CCC[C@@H]2C(=O)O)c1C. The molecule has 1 amide bonds. The number of carboxylic acid groups (broad SMARTS) is 1. The Morgan fingerprint density at radius 2 is 2.08 bits per heavy atom. The van der Waals surface area contributed by atoms with E-state index in [1.54, 1.807) is 18.7 Å². The summed E-state index contributed by atoms with van der Waals surface area (Å²) in [5, 5.41) is 13.6. The number of carbonyl (C=O) groups excluding carboxylic acids is 1. The number of nitrogens with zero attached hydrogens (tertiary/aromatic N) is 3. The number of benzene rings is 1. The normalized spacial score (nSPS) is 17.1. The van der Waals surface area contributed by atoms with E-state index in [2.05, 4.69) is 5.10 Å². The lowest BCUT2D eigenvalue weighted by Crippen LogP contribution is -2.40. The van der Waals surface area contributed by atoms with Gasteiger partial charge in [-0.1, -0.05) is 12.1 Å². The Morgan fingerprint density at radius 3 is 2.79 bits per heavy atom. The maximum Gasteiger partial charge on any atom is 0.326 e. The fraction of sp³-hybridized carbons (Fsp3) is 0.353. The monoisotopic (exact) mass is 329 g/mol. The molecule has 0 aliphatic carbocycles. The summed E-state index contributed by atoms with van der Waals surface area (Å²) >= 11 is 0. The molecule has 1 saturated heterocycles. The Balaban J connectivity index is 1.95. The number of carboxylic acids is 1. The number of ether oxygens (including phenoxy) is 1. The summed E-state index contributed by atoms with van der Waals surface area (Å²) in [6, 6.07) is 6.63. The van der Waals surface area contributed by atoms with Crippen LogP contribution in [0.2, 0.25) is 0 Å². The van der Waals surface area contributed by atoms with E-state index >= 15 is 0 Å². The minimum Gasteiger partial charge on any atom is -0.494 e. The molecule has 126 valence electrons. The lowest BCUT2D eigenvalue weighted by atomic mass is 10.2. The Labute approximate surface area is 139 Å². The fourth-order valence-electron chi connectivity index (χ4n) is 3.09. The van der Waals surface area contributed by atoms with Crippen molar-refractivity contribution >= 4 is 11.9 Å². The molecule has 1 aromatic carbocycles. The molecule has 0 saturated carbocycles. The van der Waals surface area contributed by atoms with Gasteiger partial charge in [-0.15, -0.1) is 0 Å². The average Bonchev–Trinajstić information content (AvgIpc) is 3.21. The van der Waals surface area contributed by atoms with Crippen molar-refractivity contribution in [3.05, 3.63) is 41.7 Å². The molecular weight excluding hydrogens is 310 g/mol. The Morgan fingerprint density at radius 1 is 1.33 bits per heavy atom. The number of likely N-dealkylation sites (tertiary alicyclic amines) is 1. The van der Waals surface area contributed by atoms with Gasteiger partial charge in [0.2, 0.25) is 0 Å². The highest BCUT2D eigenvalue weighted by Gasteiger charge is 2.35. The van der Waals surface area contributed by atoms with Crippen molar-refractivity contribution in [1.29, 1.82) is 0 Å². The molecule has 0 bridgehead atoms. The van der Waals surface area contributed by atoms with Gasteiger partial charge in [-0.25, -0.2) is 9.48 Å². The first-order valence-electron chi connectivity index (χ1n) is 7.76. The standard InChI is InChI=1S/C17H19N3O4/c1-11-12(16(21)19-9-5-7-14(19)17(22)23)10-18-20(11)13-6-3-4-8-15(13)24-2/h3-4,6,8,10,14H,5,7,9H2,1-2H3,(H,22,23)/t14-/m1/s1. The first-order valence-corrected chi connectivity index (χ1v) is 7.76. The zero-order valence-corrected chi connectivity index (χ0v) is 13.6. The van der Waals surface area contributed by atoms with Crippen LogP contribution in [0.15, 0.2) is 30.5 Å². The van der Waals surface area contributed by atoms with Crippen LogP contribution < -0.4 is 4.74 Å². The summed E-state index contributed by atoms with van der Waals surface area (Å²) in [6.45, 7) is 2.24. The van der Waals surface area contributed by atoms with E-state index in [1.165, 1.54) is 11.1 Å². The molecule has 0 spiro atoms. The van der Waals surface area contributed by atoms with E-state index in [1.807, 2.05) is 24.3 Å². The molecule has 1 N–H and O–H groups in total. The molecule has 7 nitrogen and oxygen atoms in total. The van der Waals surface area contributed by atoms with Crippen LogP contribution in [0.3, 0.4) is 0 Å². The van der Waals surface area contributed by atoms with Crippen LogP contribution >= 0.6 is 0 Å². The van der Waals surface area contributed by atoms with E-state index in [-0.39, 0.29) is 5.91 Å².